The summed E-state index contributed by atoms with van der Waals surface area (Å²) in [5, 5.41) is 0. The molecule has 1 aromatic carbocycles. The number of hydrogen-bond donors (Lipinski definition) is 1. The number of H-pyrrole nitrogens is 1. The van der Waals surface area contributed by atoms with E-state index in [9.17, 15) is 9.59 Å². The van der Waals surface area contributed by atoms with Crippen molar-refractivity contribution in [3.63, 3.8) is 0 Å². The van der Waals surface area contributed by atoms with Gasteiger partial charge in [0.15, 0.2) is 11.3 Å². The number of nitrogens with one attached hydrogen (secondary N) is 1. The zero-order valence-electron chi connectivity index (χ0n) is 17.7. The van der Waals surface area contributed by atoms with Gasteiger partial charge in [0, 0.05) is 45.0 Å². The SMILES string of the molecule is CN(C)/C=N/C(=O)c1ccc(-c2cnc3[nH]c(=O)n(CCC4CCOCC4)c3n2)cc1. The minimum absolute atomic E-state index is 0.195. The summed E-state index contributed by atoms with van der Waals surface area (Å²) in [5.41, 5.74) is 2.77. The van der Waals surface area contributed by atoms with E-state index in [2.05, 4.69) is 19.9 Å². The van der Waals surface area contributed by atoms with Crippen LogP contribution in [0.25, 0.3) is 22.6 Å². The van der Waals surface area contributed by atoms with Crippen molar-refractivity contribution in [2.75, 3.05) is 27.3 Å². The molecule has 31 heavy (non-hydrogen) atoms. The summed E-state index contributed by atoms with van der Waals surface area (Å²) in [5.74, 6) is 0.247. The van der Waals surface area contributed by atoms with E-state index in [-0.39, 0.29) is 11.6 Å². The highest BCUT2D eigenvalue weighted by molar-refractivity contribution is 5.98. The van der Waals surface area contributed by atoms with Crippen molar-refractivity contribution < 1.29 is 9.53 Å². The number of nitrogens with zero attached hydrogens (tertiary/aromatic N) is 5. The van der Waals surface area contributed by atoms with Gasteiger partial charge >= 0.3 is 5.69 Å². The van der Waals surface area contributed by atoms with Crippen LogP contribution in [-0.2, 0) is 11.3 Å². The summed E-state index contributed by atoms with van der Waals surface area (Å²) in [6.45, 7) is 2.17. The molecule has 1 saturated heterocycles. The van der Waals surface area contributed by atoms with Gasteiger partial charge in [-0.2, -0.15) is 4.99 Å². The molecule has 0 spiro atoms. The number of aliphatic imine (C=N–C) groups is 1. The first-order valence-corrected chi connectivity index (χ1v) is 10.4. The number of amides is 1. The molecule has 1 fully saturated rings. The Labute approximate surface area is 179 Å². The Morgan fingerprint density at radius 2 is 2.03 bits per heavy atom. The summed E-state index contributed by atoms with van der Waals surface area (Å²) in [4.78, 5) is 42.0. The predicted molar refractivity (Wildman–Crippen MR) is 118 cm³/mol. The lowest BCUT2D eigenvalue weighted by Gasteiger charge is -2.21. The quantitative estimate of drug-likeness (QED) is 0.483. The molecule has 1 aliphatic rings. The highest BCUT2D eigenvalue weighted by Crippen LogP contribution is 2.21. The van der Waals surface area contributed by atoms with E-state index in [1.807, 2.05) is 12.1 Å². The lowest BCUT2D eigenvalue weighted by Crippen LogP contribution is -2.22. The highest BCUT2D eigenvalue weighted by Gasteiger charge is 2.17. The lowest BCUT2D eigenvalue weighted by molar-refractivity contribution is 0.0626. The van der Waals surface area contributed by atoms with Crippen LogP contribution in [0, 0.1) is 5.92 Å². The van der Waals surface area contributed by atoms with Crippen LogP contribution in [0.3, 0.4) is 0 Å². The van der Waals surface area contributed by atoms with Gasteiger partial charge in [-0.05, 0) is 37.3 Å². The maximum absolute atomic E-state index is 12.4. The third-order valence-corrected chi connectivity index (χ3v) is 5.42. The molecule has 0 unspecified atom stereocenters. The van der Waals surface area contributed by atoms with Gasteiger partial charge in [0.05, 0.1) is 18.2 Å². The Bertz CT molecular complexity index is 1140. The van der Waals surface area contributed by atoms with Gasteiger partial charge in [-0.15, -0.1) is 0 Å². The van der Waals surface area contributed by atoms with Gasteiger partial charge in [-0.25, -0.2) is 14.8 Å². The zero-order chi connectivity index (χ0) is 21.8. The van der Waals surface area contributed by atoms with E-state index in [1.165, 1.54) is 6.34 Å². The fourth-order valence-electron chi connectivity index (χ4n) is 3.64. The van der Waals surface area contributed by atoms with Crippen molar-refractivity contribution in [2.24, 2.45) is 10.9 Å². The van der Waals surface area contributed by atoms with Gasteiger partial charge in [0.1, 0.15) is 0 Å². The van der Waals surface area contributed by atoms with Crippen LogP contribution in [0.1, 0.15) is 29.6 Å². The highest BCUT2D eigenvalue weighted by atomic mass is 16.5. The van der Waals surface area contributed by atoms with Gasteiger partial charge in [-0.3, -0.25) is 14.3 Å². The molecule has 0 aliphatic carbocycles. The number of benzene rings is 1. The molecule has 162 valence electrons. The average Bonchev–Trinajstić information content (AvgIpc) is 3.11. The number of aryl methyl sites for hydroxylation is 1. The molecular formula is C22H26N6O3. The van der Waals surface area contributed by atoms with Crippen LogP contribution in [0.4, 0.5) is 0 Å². The molecule has 0 radical (unpaired) electrons. The third kappa shape index (κ3) is 4.88. The molecule has 1 amide bonds. The summed E-state index contributed by atoms with van der Waals surface area (Å²) in [6.07, 6.45) is 6.06. The Morgan fingerprint density at radius 3 is 2.74 bits per heavy atom. The zero-order valence-corrected chi connectivity index (χ0v) is 17.7. The Kier molecular flexibility index (Phi) is 6.22. The first kappa shape index (κ1) is 20.9. The van der Waals surface area contributed by atoms with Crippen LogP contribution in [0.15, 0.2) is 40.2 Å². The monoisotopic (exact) mass is 422 g/mol. The largest absolute Gasteiger partial charge is 0.381 e. The van der Waals surface area contributed by atoms with Crippen LogP contribution >= 0.6 is 0 Å². The van der Waals surface area contributed by atoms with E-state index in [0.717, 1.165) is 38.0 Å². The molecule has 0 atom stereocenters. The first-order chi connectivity index (χ1) is 15.0. The number of imidazole rings is 1. The summed E-state index contributed by atoms with van der Waals surface area (Å²) in [6, 6.07) is 7.05. The fraction of sp³-hybridized carbons (Fsp3) is 0.409. The second-order valence-corrected chi connectivity index (χ2v) is 7.94. The Hall–Kier alpha value is -3.33. The second-order valence-electron chi connectivity index (χ2n) is 7.94. The maximum atomic E-state index is 12.4. The van der Waals surface area contributed by atoms with Crippen molar-refractivity contribution in [3.8, 4) is 11.3 Å². The number of hydrogen-bond acceptors (Lipinski definition) is 5. The normalized spacial score (nSPS) is 15.0. The molecule has 9 heteroatoms. The van der Waals surface area contributed by atoms with Crippen LogP contribution in [-0.4, -0.2) is 64.0 Å². The van der Waals surface area contributed by atoms with Crippen LogP contribution < -0.4 is 5.69 Å². The molecule has 0 bridgehead atoms. The number of ether oxygens (including phenoxy) is 1. The van der Waals surface area contributed by atoms with Crippen molar-refractivity contribution >= 4 is 23.5 Å². The number of carbonyl (C=O) groups is 1. The van der Waals surface area contributed by atoms with E-state index in [4.69, 9.17) is 4.74 Å². The number of carbonyl (C=O) groups excluding carboxylic acids is 1. The van der Waals surface area contributed by atoms with Crippen molar-refractivity contribution in [1.29, 1.82) is 0 Å². The lowest BCUT2D eigenvalue weighted by atomic mass is 9.97. The molecular weight excluding hydrogens is 396 g/mol. The Morgan fingerprint density at radius 1 is 1.29 bits per heavy atom. The van der Waals surface area contributed by atoms with Gasteiger partial charge in [-0.1, -0.05) is 12.1 Å². The molecule has 0 saturated carbocycles. The minimum atomic E-state index is -0.311. The standard InChI is InChI=1S/C22H26N6O3/c1-27(2)14-24-21(29)17-5-3-16(4-6-17)18-13-23-19-20(25-18)28(22(30)26-19)10-7-15-8-11-31-12-9-15/h3-6,13-15H,7-12H2,1-2H3,(H,23,26,30)/b24-14+. The van der Waals surface area contributed by atoms with Crippen molar-refractivity contribution in [3.05, 3.63) is 46.5 Å². The number of aromatic nitrogens is 4. The van der Waals surface area contributed by atoms with Crippen LogP contribution in [0.2, 0.25) is 0 Å². The number of fused-ring (bicyclic) bond motifs is 1. The predicted octanol–water partition coefficient (Wildman–Crippen LogP) is 2.33. The second kappa shape index (κ2) is 9.22. The van der Waals surface area contributed by atoms with Gasteiger partial charge in [0.2, 0.25) is 0 Å². The topological polar surface area (TPSA) is 105 Å². The average molecular weight is 422 g/mol. The van der Waals surface area contributed by atoms with E-state index in [1.54, 1.807) is 41.9 Å². The van der Waals surface area contributed by atoms with E-state index in [0.29, 0.717) is 35.0 Å². The summed E-state index contributed by atoms with van der Waals surface area (Å²) in [7, 11) is 3.61. The fourth-order valence-corrected chi connectivity index (χ4v) is 3.64. The van der Waals surface area contributed by atoms with Crippen molar-refractivity contribution in [2.45, 2.75) is 25.8 Å². The maximum Gasteiger partial charge on any atom is 0.328 e. The third-order valence-electron chi connectivity index (χ3n) is 5.42. The molecule has 1 aliphatic heterocycles. The number of aromatic amines is 1. The molecule has 3 heterocycles. The molecule has 3 aromatic rings. The Balaban J connectivity index is 1.55. The van der Waals surface area contributed by atoms with E-state index >= 15 is 0 Å². The molecule has 1 N–H and O–H groups in total. The first-order valence-electron chi connectivity index (χ1n) is 10.4. The summed E-state index contributed by atoms with van der Waals surface area (Å²) >= 11 is 0. The minimum Gasteiger partial charge on any atom is -0.381 e. The smallest absolute Gasteiger partial charge is 0.328 e. The van der Waals surface area contributed by atoms with Crippen LogP contribution in [0.5, 0.6) is 0 Å². The van der Waals surface area contributed by atoms with E-state index < -0.39 is 0 Å². The molecule has 9 nitrogen and oxygen atoms in total. The summed E-state index contributed by atoms with van der Waals surface area (Å²) < 4.78 is 7.08. The van der Waals surface area contributed by atoms with Gasteiger partial charge < -0.3 is 9.64 Å². The van der Waals surface area contributed by atoms with Gasteiger partial charge in [0.25, 0.3) is 5.91 Å². The molecule has 2 aromatic heterocycles. The van der Waals surface area contributed by atoms with Crippen molar-refractivity contribution in [1.82, 2.24) is 24.4 Å². The molecule has 4 rings (SSSR count). The number of rotatable bonds is 6.